The Morgan fingerprint density at radius 3 is 1.54 bits per heavy atom. The molecule has 1 aliphatic heterocycles. The number of ether oxygens (including phenoxy) is 2. The zero-order valence-electron chi connectivity index (χ0n) is 37.8. The van der Waals surface area contributed by atoms with Crippen molar-refractivity contribution in [2.75, 3.05) is 0 Å². The van der Waals surface area contributed by atoms with Gasteiger partial charge in [0.15, 0.2) is 28.8 Å². The normalized spacial score (nSPS) is 12.9. The zero-order chi connectivity index (χ0) is 46.2. The first-order valence-corrected chi connectivity index (χ1v) is 23.7. The maximum Gasteiger partial charge on any atom is 0.178 e. The van der Waals surface area contributed by atoms with Crippen molar-refractivity contribution in [3.8, 4) is 84.8 Å². The molecule has 0 amide bonds. The summed E-state index contributed by atoms with van der Waals surface area (Å²) in [7, 11) is 0. The molecule has 0 N–H and O–H groups in total. The molecule has 2 aliphatic rings. The fraction of sp³-hybridized carbons (Fsp3) is 0.0154. The highest BCUT2D eigenvalue weighted by Gasteiger charge is 2.48. The summed E-state index contributed by atoms with van der Waals surface area (Å²) >= 11 is 0. The van der Waals surface area contributed by atoms with Crippen molar-refractivity contribution in [2.45, 2.75) is 5.41 Å². The maximum atomic E-state index is 6.92. The van der Waals surface area contributed by atoms with E-state index in [-0.39, 0.29) is 0 Å². The Balaban J connectivity index is 0.793. The summed E-state index contributed by atoms with van der Waals surface area (Å²) < 4.78 is 16.0. The minimum atomic E-state index is -0.527. The summed E-state index contributed by atoms with van der Waals surface area (Å²) in [6.45, 7) is 0. The standard InChI is InChI=1S/C65H41N3O2/c1-4-16-45(17-5-1)64-66-55(41-56(67-64)44-32-35-49(36-33-44)68-57-26-14-11-22-50(57)51-23-12-15-27-58(51)68)43-30-28-42(29-31-43)46-34-38-59-61(40-46)69-60-39-37-54-62(63(60)70-59)52-24-10-13-25-53(52)65(54,47-18-6-2-7-19-47)48-20-8-3-9-21-48/h1-41H. The summed E-state index contributed by atoms with van der Waals surface area (Å²) in [6.07, 6.45) is 0. The van der Waals surface area contributed by atoms with Crippen molar-refractivity contribution in [3.05, 3.63) is 271 Å². The third kappa shape index (κ3) is 6.18. The van der Waals surface area contributed by atoms with E-state index in [0.717, 1.165) is 61.8 Å². The minimum Gasteiger partial charge on any atom is -0.449 e. The van der Waals surface area contributed by atoms with Gasteiger partial charge < -0.3 is 14.0 Å². The first-order chi connectivity index (χ1) is 34.7. The van der Waals surface area contributed by atoms with E-state index in [1.165, 1.54) is 44.1 Å². The van der Waals surface area contributed by atoms with E-state index in [1.54, 1.807) is 0 Å². The Bertz CT molecular complexity index is 3880. The smallest absolute Gasteiger partial charge is 0.178 e. The monoisotopic (exact) mass is 895 g/mol. The van der Waals surface area contributed by atoms with Gasteiger partial charge in [-0.2, -0.15) is 0 Å². The molecular formula is C65H41N3O2. The topological polar surface area (TPSA) is 49.2 Å². The second-order valence-electron chi connectivity index (χ2n) is 18.0. The Morgan fingerprint density at radius 1 is 0.357 bits per heavy atom. The van der Waals surface area contributed by atoms with Crippen molar-refractivity contribution >= 4 is 21.8 Å². The molecule has 5 heteroatoms. The number of fused-ring (bicyclic) bond motifs is 9. The number of hydrogen-bond acceptors (Lipinski definition) is 4. The van der Waals surface area contributed by atoms with E-state index in [2.05, 4.69) is 229 Å². The van der Waals surface area contributed by atoms with Crippen molar-refractivity contribution in [3.63, 3.8) is 0 Å². The van der Waals surface area contributed by atoms with Gasteiger partial charge in [0.05, 0.1) is 27.8 Å². The van der Waals surface area contributed by atoms with E-state index in [9.17, 15) is 0 Å². The summed E-state index contributed by atoms with van der Waals surface area (Å²) in [6, 6.07) is 87.6. The van der Waals surface area contributed by atoms with Crippen LogP contribution in [0.15, 0.2) is 249 Å². The number of para-hydroxylation sites is 2. The highest BCUT2D eigenvalue weighted by atomic mass is 16.6. The second kappa shape index (κ2) is 15.9. The molecule has 328 valence electrons. The summed E-state index contributed by atoms with van der Waals surface area (Å²) in [5.41, 5.74) is 16.7. The van der Waals surface area contributed by atoms with E-state index in [4.69, 9.17) is 19.4 Å². The molecule has 70 heavy (non-hydrogen) atoms. The molecule has 0 unspecified atom stereocenters. The van der Waals surface area contributed by atoms with Crippen LogP contribution in [0.25, 0.3) is 83.6 Å². The van der Waals surface area contributed by atoms with E-state index < -0.39 is 5.41 Å². The van der Waals surface area contributed by atoms with E-state index in [1.807, 2.05) is 24.3 Å². The lowest BCUT2D eigenvalue weighted by molar-refractivity contribution is 0.360. The quantitative estimate of drug-likeness (QED) is 0.160. The summed E-state index contributed by atoms with van der Waals surface area (Å²) in [5.74, 6) is 3.47. The molecule has 14 rings (SSSR count). The Labute approximate surface area is 405 Å². The van der Waals surface area contributed by atoms with Gasteiger partial charge in [-0.25, -0.2) is 9.97 Å². The van der Waals surface area contributed by atoms with Crippen molar-refractivity contribution in [2.24, 2.45) is 0 Å². The van der Waals surface area contributed by atoms with Crippen LogP contribution in [0, 0.1) is 0 Å². The van der Waals surface area contributed by atoms with Gasteiger partial charge in [0.2, 0.25) is 0 Å². The largest absolute Gasteiger partial charge is 0.449 e. The Kier molecular flexibility index (Phi) is 9.04. The molecule has 0 bridgehead atoms. The predicted molar refractivity (Wildman–Crippen MR) is 282 cm³/mol. The number of aromatic nitrogens is 3. The zero-order valence-corrected chi connectivity index (χ0v) is 37.8. The summed E-state index contributed by atoms with van der Waals surface area (Å²) in [5, 5.41) is 2.48. The van der Waals surface area contributed by atoms with Crippen LogP contribution in [0.1, 0.15) is 22.3 Å². The molecule has 2 aromatic heterocycles. The molecule has 0 radical (unpaired) electrons. The molecule has 0 saturated carbocycles. The fourth-order valence-corrected chi connectivity index (χ4v) is 11.0. The van der Waals surface area contributed by atoms with Gasteiger partial charge in [0.25, 0.3) is 0 Å². The molecular weight excluding hydrogens is 855 g/mol. The molecule has 12 aromatic rings. The molecule has 5 nitrogen and oxygen atoms in total. The van der Waals surface area contributed by atoms with Crippen LogP contribution in [0.4, 0.5) is 0 Å². The fourth-order valence-electron chi connectivity index (χ4n) is 11.0. The number of rotatable bonds is 7. The van der Waals surface area contributed by atoms with E-state index in [0.29, 0.717) is 23.1 Å². The SMILES string of the molecule is c1ccc(-c2nc(-c3ccc(-c4ccc5c(c4)Oc4ccc6c(c4O5)-c4ccccc4C6(c4ccccc4)c4ccccc4)cc3)cc(-c3ccc(-n4c5ccccc5c5ccccc54)cc3)n2)cc1. The van der Waals surface area contributed by atoms with Crippen LogP contribution in [-0.2, 0) is 5.41 Å². The van der Waals surface area contributed by atoms with Gasteiger partial charge in [-0.15, -0.1) is 0 Å². The Hall–Kier alpha value is -9.32. The van der Waals surface area contributed by atoms with Gasteiger partial charge in [-0.1, -0.05) is 200 Å². The van der Waals surface area contributed by atoms with Gasteiger partial charge in [0, 0.05) is 38.7 Å². The highest BCUT2D eigenvalue weighted by Crippen LogP contribution is 2.62. The lowest BCUT2D eigenvalue weighted by Crippen LogP contribution is -2.28. The first kappa shape index (κ1) is 39.8. The van der Waals surface area contributed by atoms with Crippen LogP contribution in [0.5, 0.6) is 23.0 Å². The van der Waals surface area contributed by atoms with Crippen LogP contribution in [0.3, 0.4) is 0 Å². The molecule has 0 spiro atoms. The van der Waals surface area contributed by atoms with Gasteiger partial charge in [-0.05, 0) is 87.5 Å². The van der Waals surface area contributed by atoms with Crippen LogP contribution in [0.2, 0.25) is 0 Å². The predicted octanol–water partition coefficient (Wildman–Crippen LogP) is 16.5. The average molecular weight is 896 g/mol. The maximum absolute atomic E-state index is 6.92. The number of nitrogens with zero attached hydrogens (tertiary/aromatic N) is 3. The third-order valence-electron chi connectivity index (χ3n) is 14.2. The third-order valence-corrected chi connectivity index (χ3v) is 14.2. The van der Waals surface area contributed by atoms with Gasteiger partial charge >= 0.3 is 0 Å². The van der Waals surface area contributed by atoms with Crippen molar-refractivity contribution in [1.29, 1.82) is 0 Å². The highest BCUT2D eigenvalue weighted by molar-refractivity contribution is 6.09. The van der Waals surface area contributed by atoms with Crippen molar-refractivity contribution in [1.82, 2.24) is 14.5 Å². The van der Waals surface area contributed by atoms with E-state index >= 15 is 0 Å². The first-order valence-electron chi connectivity index (χ1n) is 23.7. The molecule has 0 fully saturated rings. The lowest BCUT2D eigenvalue weighted by atomic mass is 9.68. The summed E-state index contributed by atoms with van der Waals surface area (Å²) in [4.78, 5) is 10.3. The molecule has 1 aliphatic carbocycles. The van der Waals surface area contributed by atoms with Crippen LogP contribution >= 0.6 is 0 Å². The average Bonchev–Trinajstić information content (AvgIpc) is 3.94. The molecule has 0 saturated heterocycles. The van der Waals surface area contributed by atoms with Gasteiger partial charge in [0.1, 0.15) is 0 Å². The molecule has 10 aromatic carbocycles. The number of benzene rings is 10. The number of hydrogen-bond donors (Lipinski definition) is 0. The van der Waals surface area contributed by atoms with Crippen LogP contribution < -0.4 is 9.47 Å². The minimum absolute atomic E-state index is 0.527. The lowest BCUT2D eigenvalue weighted by Gasteiger charge is -2.34. The van der Waals surface area contributed by atoms with Crippen molar-refractivity contribution < 1.29 is 9.47 Å². The Morgan fingerprint density at radius 2 is 0.886 bits per heavy atom. The second-order valence-corrected chi connectivity index (χ2v) is 18.0. The van der Waals surface area contributed by atoms with Gasteiger partial charge in [-0.3, -0.25) is 0 Å². The molecule has 3 heterocycles. The van der Waals surface area contributed by atoms with Crippen LogP contribution in [-0.4, -0.2) is 14.5 Å². The molecule has 0 atom stereocenters.